The van der Waals surface area contributed by atoms with E-state index in [-0.39, 0.29) is 18.3 Å². The second kappa shape index (κ2) is 7.98. The molecular weight excluding hydrogens is 364 g/mol. The van der Waals surface area contributed by atoms with Crippen molar-refractivity contribution in [1.82, 2.24) is 9.88 Å². The van der Waals surface area contributed by atoms with E-state index in [9.17, 15) is 4.79 Å². The molecule has 3 aromatic rings. The molecule has 1 aliphatic rings. The highest BCUT2D eigenvalue weighted by atomic mass is 35.5. The Labute approximate surface area is 164 Å². The highest BCUT2D eigenvalue weighted by molar-refractivity contribution is 5.94. The fourth-order valence-corrected chi connectivity index (χ4v) is 3.23. The van der Waals surface area contributed by atoms with E-state index in [1.807, 2.05) is 54.3 Å². The summed E-state index contributed by atoms with van der Waals surface area (Å²) in [6.45, 7) is 5.23. The Morgan fingerprint density at radius 3 is 2.48 bits per heavy atom. The first-order valence-corrected chi connectivity index (χ1v) is 8.84. The number of benzene rings is 2. The quantitative estimate of drug-likeness (QED) is 0.748. The van der Waals surface area contributed by atoms with Crippen LogP contribution < -0.4 is 10.6 Å². The number of hydrogen-bond acceptors (Lipinski definition) is 5. The van der Waals surface area contributed by atoms with Crippen molar-refractivity contribution in [3.63, 3.8) is 0 Å². The second-order valence-corrected chi connectivity index (χ2v) is 6.65. The maximum atomic E-state index is 12.7. The third-order valence-corrected chi connectivity index (χ3v) is 4.81. The molecule has 7 heteroatoms. The summed E-state index contributed by atoms with van der Waals surface area (Å²) < 4.78 is 5.87. The summed E-state index contributed by atoms with van der Waals surface area (Å²) in [7, 11) is 0. The smallest absolute Gasteiger partial charge is 0.298 e. The minimum atomic E-state index is 0. The number of nitrogens with two attached hydrogens (primary N) is 1. The molecule has 0 atom stereocenters. The molecule has 1 fully saturated rings. The maximum Gasteiger partial charge on any atom is 0.298 e. The summed E-state index contributed by atoms with van der Waals surface area (Å²) in [5.74, 6) is 0.0569. The summed E-state index contributed by atoms with van der Waals surface area (Å²) in [4.78, 5) is 21.2. The van der Waals surface area contributed by atoms with Crippen LogP contribution in [0.1, 0.15) is 21.5 Å². The van der Waals surface area contributed by atoms with Gasteiger partial charge in [0.05, 0.1) is 0 Å². The fourth-order valence-electron chi connectivity index (χ4n) is 3.23. The van der Waals surface area contributed by atoms with Gasteiger partial charge in [-0.1, -0.05) is 18.2 Å². The van der Waals surface area contributed by atoms with Gasteiger partial charge in [-0.2, -0.15) is 4.98 Å². The molecule has 1 saturated heterocycles. The van der Waals surface area contributed by atoms with E-state index in [2.05, 4.69) is 9.88 Å². The lowest BCUT2D eigenvalue weighted by Crippen LogP contribution is -2.48. The standard InChI is InChI=1S/C20H22N4O2.ClH/c1-14-2-7-18-17(12-14)22-20(26-18)24-10-8-23(9-11-24)19(25)16-5-3-15(13-21)4-6-16;/h2-7,12H,8-11,13,21H2,1H3;1H. The van der Waals surface area contributed by atoms with Crippen molar-refractivity contribution >= 4 is 35.4 Å². The average Bonchev–Trinajstić information content (AvgIpc) is 3.11. The van der Waals surface area contributed by atoms with Gasteiger partial charge in [-0.25, -0.2) is 0 Å². The highest BCUT2D eigenvalue weighted by Gasteiger charge is 2.24. The molecule has 0 spiro atoms. The van der Waals surface area contributed by atoms with Crippen molar-refractivity contribution in [1.29, 1.82) is 0 Å². The van der Waals surface area contributed by atoms with E-state index in [0.29, 0.717) is 44.3 Å². The molecule has 1 aliphatic heterocycles. The Morgan fingerprint density at radius 2 is 1.81 bits per heavy atom. The van der Waals surface area contributed by atoms with Crippen LogP contribution in [0, 0.1) is 6.92 Å². The molecule has 6 nitrogen and oxygen atoms in total. The molecule has 1 amide bonds. The molecule has 27 heavy (non-hydrogen) atoms. The Morgan fingerprint density at radius 1 is 1.11 bits per heavy atom. The number of carbonyl (C=O) groups excluding carboxylic acids is 1. The summed E-state index contributed by atoms with van der Waals surface area (Å²) in [5, 5.41) is 0. The molecule has 0 saturated carbocycles. The van der Waals surface area contributed by atoms with E-state index in [1.54, 1.807) is 0 Å². The number of hydrogen-bond donors (Lipinski definition) is 1. The molecule has 2 heterocycles. The van der Waals surface area contributed by atoms with Crippen LogP contribution in [0.3, 0.4) is 0 Å². The first kappa shape index (κ1) is 19.2. The van der Waals surface area contributed by atoms with E-state index >= 15 is 0 Å². The Hall–Kier alpha value is -2.57. The number of anilines is 1. The van der Waals surface area contributed by atoms with Crippen LogP contribution in [0.15, 0.2) is 46.9 Å². The minimum absolute atomic E-state index is 0. The Kier molecular flexibility index (Phi) is 5.68. The van der Waals surface area contributed by atoms with Crippen LogP contribution in [0.2, 0.25) is 0 Å². The van der Waals surface area contributed by atoms with E-state index in [4.69, 9.17) is 10.2 Å². The number of aromatic nitrogens is 1. The fraction of sp³-hybridized carbons (Fsp3) is 0.300. The van der Waals surface area contributed by atoms with Crippen LogP contribution in [0.5, 0.6) is 0 Å². The number of rotatable bonds is 3. The van der Waals surface area contributed by atoms with Gasteiger partial charge in [0, 0.05) is 38.3 Å². The molecule has 0 bridgehead atoms. The number of piperazine rings is 1. The number of amides is 1. The van der Waals surface area contributed by atoms with Crippen LogP contribution >= 0.6 is 12.4 Å². The molecule has 2 aromatic carbocycles. The van der Waals surface area contributed by atoms with Crippen molar-refractivity contribution in [2.75, 3.05) is 31.1 Å². The maximum absolute atomic E-state index is 12.7. The number of nitrogens with zero attached hydrogens (tertiary/aromatic N) is 3. The molecule has 1 aromatic heterocycles. The lowest BCUT2D eigenvalue weighted by Gasteiger charge is -2.33. The largest absolute Gasteiger partial charge is 0.423 e. The van der Waals surface area contributed by atoms with Crippen LogP contribution in [0.25, 0.3) is 11.1 Å². The monoisotopic (exact) mass is 386 g/mol. The molecule has 0 aliphatic carbocycles. The molecule has 0 radical (unpaired) electrons. The Bertz CT molecular complexity index is 931. The molecule has 4 rings (SSSR count). The lowest BCUT2D eigenvalue weighted by molar-refractivity contribution is 0.0745. The van der Waals surface area contributed by atoms with Gasteiger partial charge in [-0.3, -0.25) is 4.79 Å². The van der Waals surface area contributed by atoms with Gasteiger partial charge in [0.25, 0.3) is 11.9 Å². The topological polar surface area (TPSA) is 75.6 Å². The van der Waals surface area contributed by atoms with Gasteiger partial charge in [-0.05, 0) is 42.3 Å². The van der Waals surface area contributed by atoms with Gasteiger partial charge >= 0.3 is 0 Å². The zero-order chi connectivity index (χ0) is 18.1. The molecule has 142 valence electrons. The predicted molar refractivity (Wildman–Crippen MR) is 108 cm³/mol. The van der Waals surface area contributed by atoms with Gasteiger partial charge < -0.3 is 20.0 Å². The van der Waals surface area contributed by atoms with Gasteiger partial charge in [0.2, 0.25) is 0 Å². The Balaban J connectivity index is 0.00000210. The first-order chi connectivity index (χ1) is 12.6. The first-order valence-electron chi connectivity index (χ1n) is 8.84. The molecule has 2 N–H and O–H groups in total. The predicted octanol–water partition coefficient (Wildman–Crippen LogP) is 2.98. The zero-order valence-corrected chi connectivity index (χ0v) is 16.0. The molecular formula is C20H23ClN4O2. The summed E-state index contributed by atoms with van der Waals surface area (Å²) >= 11 is 0. The van der Waals surface area contributed by atoms with Crippen molar-refractivity contribution in [3.05, 3.63) is 59.2 Å². The van der Waals surface area contributed by atoms with Crippen LogP contribution in [-0.2, 0) is 6.54 Å². The van der Waals surface area contributed by atoms with Crippen molar-refractivity contribution in [3.8, 4) is 0 Å². The molecule has 0 unspecified atom stereocenters. The third kappa shape index (κ3) is 3.91. The normalized spacial score (nSPS) is 14.3. The van der Waals surface area contributed by atoms with E-state index in [1.165, 1.54) is 0 Å². The van der Waals surface area contributed by atoms with Gasteiger partial charge in [-0.15, -0.1) is 12.4 Å². The lowest BCUT2D eigenvalue weighted by atomic mass is 10.1. The highest BCUT2D eigenvalue weighted by Crippen LogP contribution is 2.24. The average molecular weight is 387 g/mol. The van der Waals surface area contributed by atoms with E-state index < -0.39 is 0 Å². The van der Waals surface area contributed by atoms with Crippen molar-refractivity contribution in [2.24, 2.45) is 5.73 Å². The van der Waals surface area contributed by atoms with Crippen molar-refractivity contribution in [2.45, 2.75) is 13.5 Å². The summed E-state index contributed by atoms with van der Waals surface area (Å²) in [5.41, 5.74) is 10.2. The SMILES string of the molecule is Cc1ccc2oc(N3CCN(C(=O)c4ccc(CN)cc4)CC3)nc2c1.Cl. The number of fused-ring (bicyclic) bond motifs is 1. The number of oxazole rings is 1. The summed E-state index contributed by atoms with van der Waals surface area (Å²) in [6.07, 6.45) is 0. The second-order valence-electron chi connectivity index (χ2n) is 6.65. The number of aryl methyl sites for hydroxylation is 1. The summed E-state index contributed by atoms with van der Waals surface area (Å²) in [6, 6.07) is 14.1. The van der Waals surface area contributed by atoms with E-state index in [0.717, 1.165) is 22.2 Å². The van der Waals surface area contributed by atoms with Crippen LogP contribution in [0.4, 0.5) is 6.01 Å². The minimum Gasteiger partial charge on any atom is -0.423 e. The van der Waals surface area contributed by atoms with Crippen LogP contribution in [-0.4, -0.2) is 42.0 Å². The number of halogens is 1. The number of carbonyl (C=O) groups is 1. The third-order valence-electron chi connectivity index (χ3n) is 4.81. The van der Waals surface area contributed by atoms with Gasteiger partial charge in [0.15, 0.2) is 5.58 Å². The van der Waals surface area contributed by atoms with Crippen molar-refractivity contribution < 1.29 is 9.21 Å². The zero-order valence-electron chi connectivity index (χ0n) is 15.2. The van der Waals surface area contributed by atoms with Gasteiger partial charge in [0.1, 0.15) is 5.52 Å².